The van der Waals surface area contributed by atoms with Crippen LogP contribution >= 0.6 is 11.8 Å². The second-order valence-electron chi connectivity index (χ2n) is 4.95. The van der Waals surface area contributed by atoms with Gasteiger partial charge in [-0.05, 0) is 6.42 Å². The smallest absolute Gasteiger partial charge is 0.250 e. The van der Waals surface area contributed by atoms with Crippen molar-refractivity contribution in [1.82, 2.24) is 14.8 Å². The van der Waals surface area contributed by atoms with Crippen molar-refractivity contribution in [3.8, 4) is 0 Å². The van der Waals surface area contributed by atoms with Crippen molar-refractivity contribution in [2.45, 2.75) is 64.5 Å². The van der Waals surface area contributed by atoms with Crippen LogP contribution in [0.25, 0.3) is 0 Å². The molecule has 0 fully saturated rings. The van der Waals surface area contributed by atoms with E-state index >= 15 is 0 Å². The van der Waals surface area contributed by atoms with E-state index in [0.717, 1.165) is 12.2 Å². The third-order valence-corrected chi connectivity index (χ3v) is 3.91. The summed E-state index contributed by atoms with van der Waals surface area (Å²) < 4.78 is 1.24. The maximum Gasteiger partial charge on any atom is 0.250 e. The van der Waals surface area contributed by atoms with Gasteiger partial charge in [0.25, 0.3) is 0 Å². The van der Waals surface area contributed by atoms with E-state index in [9.17, 15) is 9.59 Å². The molecule has 118 valence electrons. The van der Waals surface area contributed by atoms with Crippen LogP contribution in [0.4, 0.5) is 5.95 Å². The van der Waals surface area contributed by atoms with Gasteiger partial charge in [-0.3, -0.25) is 14.9 Å². The van der Waals surface area contributed by atoms with Crippen LogP contribution in [0.5, 0.6) is 0 Å². The van der Waals surface area contributed by atoms with Crippen molar-refractivity contribution in [2.24, 2.45) is 0 Å². The van der Waals surface area contributed by atoms with Gasteiger partial charge in [0.15, 0.2) is 5.16 Å². The molecule has 0 bridgehead atoms. The number of hydrogen-bond acceptors (Lipinski definition) is 5. The molecule has 21 heavy (non-hydrogen) atoms. The fourth-order valence-electron chi connectivity index (χ4n) is 1.85. The van der Waals surface area contributed by atoms with E-state index in [-0.39, 0.29) is 17.8 Å². The third-order valence-electron chi connectivity index (χ3n) is 2.89. The number of thioether (sulfide) groups is 1. The molecule has 0 unspecified atom stereocenters. The molecule has 0 aromatic carbocycles. The molecule has 1 aromatic rings. The van der Waals surface area contributed by atoms with Gasteiger partial charge < -0.3 is 0 Å². The summed E-state index contributed by atoms with van der Waals surface area (Å²) in [6, 6.07) is 0. The number of nitrogens with one attached hydrogen (secondary N) is 1. The lowest BCUT2D eigenvalue weighted by Gasteiger charge is -2.01. The van der Waals surface area contributed by atoms with E-state index < -0.39 is 0 Å². The molecule has 0 aliphatic heterocycles. The van der Waals surface area contributed by atoms with Gasteiger partial charge in [0.2, 0.25) is 17.8 Å². The standard InChI is InChI=1S/C14H24N4O2S/c1-4-5-6-7-8-9-10-21-14-16-13(15-11(2)19)17-18(14)12(3)20/h4-10H2,1-3H3,(H,15,17,19). The fourth-order valence-corrected chi connectivity index (χ4v) is 2.83. The second-order valence-corrected chi connectivity index (χ2v) is 6.01. The molecule has 0 aliphatic carbocycles. The van der Waals surface area contributed by atoms with Crippen LogP contribution in [-0.4, -0.2) is 32.3 Å². The van der Waals surface area contributed by atoms with Gasteiger partial charge in [-0.25, -0.2) is 0 Å². The van der Waals surface area contributed by atoms with E-state index in [0.29, 0.717) is 5.16 Å². The van der Waals surface area contributed by atoms with Crippen molar-refractivity contribution < 1.29 is 9.59 Å². The number of nitrogens with zero attached hydrogens (tertiary/aromatic N) is 3. The largest absolute Gasteiger partial charge is 0.293 e. The highest BCUT2D eigenvalue weighted by Gasteiger charge is 2.14. The zero-order chi connectivity index (χ0) is 15.7. The Hall–Kier alpha value is -1.37. The topological polar surface area (TPSA) is 76.9 Å². The number of hydrogen-bond donors (Lipinski definition) is 1. The number of unbranched alkanes of at least 4 members (excludes halogenated alkanes) is 5. The highest BCUT2D eigenvalue weighted by molar-refractivity contribution is 7.99. The van der Waals surface area contributed by atoms with Gasteiger partial charge in [0.05, 0.1) is 0 Å². The van der Waals surface area contributed by atoms with Crippen LogP contribution < -0.4 is 5.32 Å². The zero-order valence-corrected chi connectivity index (χ0v) is 13.8. The Labute approximate surface area is 130 Å². The molecule has 0 spiro atoms. The number of rotatable bonds is 9. The van der Waals surface area contributed by atoms with Crippen molar-refractivity contribution in [3.05, 3.63) is 0 Å². The van der Waals surface area contributed by atoms with Crippen molar-refractivity contribution in [3.63, 3.8) is 0 Å². The average Bonchev–Trinajstić information content (AvgIpc) is 2.80. The summed E-state index contributed by atoms with van der Waals surface area (Å²) in [5.41, 5.74) is 0. The monoisotopic (exact) mass is 312 g/mol. The lowest BCUT2D eigenvalue weighted by atomic mass is 10.1. The molecule has 0 saturated heterocycles. The van der Waals surface area contributed by atoms with Gasteiger partial charge in [-0.2, -0.15) is 9.67 Å². The molecule has 0 atom stereocenters. The molecule has 6 nitrogen and oxygen atoms in total. The highest BCUT2D eigenvalue weighted by Crippen LogP contribution is 2.20. The molecule has 1 N–H and O–H groups in total. The molecule has 7 heteroatoms. The Morgan fingerprint density at radius 3 is 2.43 bits per heavy atom. The Balaban J connectivity index is 2.44. The third kappa shape index (κ3) is 6.75. The van der Waals surface area contributed by atoms with Crippen molar-refractivity contribution in [1.29, 1.82) is 0 Å². The highest BCUT2D eigenvalue weighted by atomic mass is 32.2. The van der Waals surface area contributed by atoms with Gasteiger partial charge in [0.1, 0.15) is 0 Å². The van der Waals surface area contributed by atoms with Crippen LogP contribution in [0.15, 0.2) is 5.16 Å². The molecule has 1 heterocycles. The molecule has 0 aliphatic rings. The predicted octanol–water partition coefficient (Wildman–Crippen LogP) is 3.35. The van der Waals surface area contributed by atoms with Crippen molar-refractivity contribution in [2.75, 3.05) is 11.1 Å². The van der Waals surface area contributed by atoms with E-state index in [4.69, 9.17) is 0 Å². The predicted molar refractivity (Wildman–Crippen MR) is 84.7 cm³/mol. The first-order valence-corrected chi connectivity index (χ1v) is 8.41. The van der Waals surface area contributed by atoms with Crippen molar-refractivity contribution >= 4 is 29.5 Å². The first kappa shape index (κ1) is 17.7. The van der Waals surface area contributed by atoms with Gasteiger partial charge in [-0.1, -0.05) is 50.8 Å². The summed E-state index contributed by atoms with van der Waals surface area (Å²) in [6.07, 6.45) is 7.38. The minimum absolute atomic E-state index is 0.183. The maximum atomic E-state index is 11.5. The van der Waals surface area contributed by atoms with E-state index in [1.54, 1.807) is 0 Å². The van der Waals surface area contributed by atoms with Gasteiger partial charge in [0, 0.05) is 19.6 Å². The van der Waals surface area contributed by atoms with Crippen LogP contribution in [0.2, 0.25) is 0 Å². The van der Waals surface area contributed by atoms with E-state index in [2.05, 4.69) is 22.3 Å². The molecular formula is C14H24N4O2S. The molecule has 0 saturated carbocycles. The van der Waals surface area contributed by atoms with Crippen LogP contribution in [0.1, 0.15) is 64.1 Å². The minimum atomic E-state index is -0.247. The number of aromatic nitrogens is 3. The van der Waals surface area contributed by atoms with E-state index in [1.165, 1.54) is 62.4 Å². The maximum absolute atomic E-state index is 11.5. The molecule has 1 amide bonds. The summed E-state index contributed by atoms with van der Waals surface area (Å²) in [6.45, 7) is 5.02. The first-order chi connectivity index (χ1) is 10.0. The zero-order valence-electron chi connectivity index (χ0n) is 13.0. The Morgan fingerprint density at radius 1 is 1.14 bits per heavy atom. The quantitative estimate of drug-likeness (QED) is 0.559. The lowest BCUT2D eigenvalue weighted by molar-refractivity contribution is -0.114. The van der Waals surface area contributed by atoms with E-state index in [1.807, 2.05) is 0 Å². The van der Waals surface area contributed by atoms with Gasteiger partial charge >= 0.3 is 0 Å². The Morgan fingerprint density at radius 2 is 1.81 bits per heavy atom. The number of carbonyl (C=O) groups is 2. The summed E-state index contributed by atoms with van der Waals surface area (Å²) in [5.74, 6) is 0.633. The molecular weight excluding hydrogens is 288 g/mol. The SMILES string of the molecule is CCCCCCCCSc1nc(NC(C)=O)nn1C(C)=O. The number of anilines is 1. The molecule has 1 rings (SSSR count). The van der Waals surface area contributed by atoms with Crippen LogP contribution in [-0.2, 0) is 4.79 Å². The number of carbonyl (C=O) groups excluding carboxylic acids is 2. The Kier molecular flexibility index (Phi) is 8.04. The summed E-state index contributed by atoms with van der Waals surface area (Å²) >= 11 is 1.50. The molecule has 0 radical (unpaired) electrons. The average molecular weight is 312 g/mol. The second kappa shape index (κ2) is 9.55. The Bertz CT molecular complexity index is 474. The number of amides is 1. The normalized spacial score (nSPS) is 10.6. The first-order valence-electron chi connectivity index (χ1n) is 7.43. The minimum Gasteiger partial charge on any atom is -0.293 e. The summed E-state index contributed by atoms with van der Waals surface area (Å²) in [4.78, 5) is 26.7. The van der Waals surface area contributed by atoms with Crippen LogP contribution in [0, 0.1) is 0 Å². The summed E-state index contributed by atoms with van der Waals surface area (Å²) in [5, 5.41) is 7.03. The lowest BCUT2D eigenvalue weighted by Crippen LogP contribution is -2.11. The van der Waals surface area contributed by atoms with Crippen LogP contribution in [0.3, 0.4) is 0 Å². The summed E-state index contributed by atoms with van der Waals surface area (Å²) in [7, 11) is 0. The van der Waals surface area contributed by atoms with Gasteiger partial charge in [-0.15, -0.1) is 5.10 Å². The molecule has 1 aromatic heterocycles. The fraction of sp³-hybridized carbons (Fsp3) is 0.714.